The third kappa shape index (κ3) is 6.32. The first-order valence-electron chi connectivity index (χ1n) is 13.1. The molecule has 0 unspecified atom stereocenters. The van der Waals surface area contributed by atoms with Crippen LogP contribution in [0.15, 0.2) is 47.3 Å². The van der Waals surface area contributed by atoms with E-state index in [4.69, 9.17) is 10.2 Å². The number of carbonyl (C=O) groups excluding carboxylic acids is 1. The first-order chi connectivity index (χ1) is 18.6. The summed E-state index contributed by atoms with van der Waals surface area (Å²) in [7, 11) is 0. The van der Waals surface area contributed by atoms with Crippen LogP contribution in [0.4, 0.5) is 25.1 Å². The topological polar surface area (TPSA) is 122 Å². The summed E-state index contributed by atoms with van der Waals surface area (Å²) >= 11 is 0. The molecule has 4 N–H and O–H groups in total. The van der Waals surface area contributed by atoms with E-state index in [-0.39, 0.29) is 17.6 Å². The van der Waals surface area contributed by atoms with Crippen LogP contribution in [0.5, 0.6) is 0 Å². The number of nitrogens with two attached hydrogens (primary N) is 1. The van der Waals surface area contributed by atoms with Gasteiger partial charge in [0.15, 0.2) is 5.76 Å². The fourth-order valence-electron chi connectivity index (χ4n) is 5.54. The monoisotopic (exact) mass is 543 g/mol. The predicted molar refractivity (Wildman–Crippen MR) is 140 cm³/mol. The van der Waals surface area contributed by atoms with Crippen molar-refractivity contribution in [3.05, 3.63) is 54.0 Å². The maximum absolute atomic E-state index is 12.9. The van der Waals surface area contributed by atoms with Crippen molar-refractivity contribution in [2.75, 3.05) is 23.3 Å². The molecule has 1 saturated carbocycles. The number of oxazole rings is 1. The van der Waals surface area contributed by atoms with Gasteiger partial charge in [-0.2, -0.15) is 13.2 Å². The molecule has 1 aromatic carbocycles. The second-order valence-corrected chi connectivity index (χ2v) is 10.6. The van der Waals surface area contributed by atoms with Crippen molar-refractivity contribution < 1.29 is 22.4 Å². The molecule has 2 fully saturated rings. The first kappa shape index (κ1) is 26.9. The number of rotatable bonds is 7. The highest BCUT2D eigenvalue weighted by Crippen LogP contribution is 2.32. The van der Waals surface area contributed by atoms with Gasteiger partial charge in [0.25, 0.3) is 6.01 Å². The molecule has 0 spiro atoms. The Labute approximate surface area is 224 Å². The lowest BCUT2D eigenvalue weighted by Gasteiger charge is -2.45. The van der Waals surface area contributed by atoms with E-state index in [9.17, 15) is 18.0 Å². The minimum atomic E-state index is -4.46. The molecule has 1 aliphatic carbocycles. The van der Waals surface area contributed by atoms with Crippen molar-refractivity contribution in [2.45, 2.75) is 69.2 Å². The fraction of sp³-hybridized carbons (Fsp3) is 0.481. The Hall–Kier alpha value is -3.67. The van der Waals surface area contributed by atoms with E-state index >= 15 is 0 Å². The number of benzene rings is 1. The molecular formula is C27H32F3N7O2. The molecule has 3 heterocycles. The number of carbonyl (C=O) groups is 1. The summed E-state index contributed by atoms with van der Waals surface area (Å²) in [4.78, 5) is 25.9. The molecule has 1 amide bonds. The average molecular weight is 544 g/mol. The Bertz CT molecular complexity index is 1300. The van der Waals surface area contributed by atoms with Gasteiger partial charge in [-0.05, 0) is 44.7 Å². The van der Waals surface area contributed by atoms with E-state index in [1.807, 2.05) is 11.0 Å². The Morgan fingerprint density at radius 1 is 1.10 bits per heavy atom. The fourth-order valence-corrected chi connectivity index (χ4v) is 5.54. The number of piperidine rings is 1. The predicted octanol–water partition coefficient (Wildman–Crippen LogP) is 4.62. The maximum Gasteiger partial charge on any atom is 0.419 e. The lowest BCUT2D eigenvalue weighted by atomic mass is 9.85. The molecule has 0 radical (unpaired) electrons. The van der Waals surface area contributed by atoms with Crippen LogP contribution >= 0.6 is 0 Å². The molecule has 2 aromatic heterocycles. The summed E-state index contributed by atoms with van der Waals surface area (Å²) in [5.74, 6) is 0.333. The van der Waals surface area contributed by atoms with Gasteiger partial charge in [0.1, 0.15) is 0 Å². The van der Waals surface area contributed by atoms with E-state index in [2.05, 4.69) is 32.5 Å². The second kappa shape index (κ2) is 10.8. The number of halogens is 3. The normalized spacial score (nSPS) is 23.9. The van der Waals surface area contributed by atoms with Crippen molar-refractivity contribution in [3.63, 3.8) is 0 Å². The van der Waals surface area contributed by atoms with Gasteiger partial charge in [0, 0.05) is 54.2 Å². The van der Waals surface area contributed by atoms with Crippen molar-refractivity contribution in [1.82, 2.24) is 20.3 Å². The lowest BCUT2D eigenvalue weighted by Crippen LogP contribution is -2.61. The van der Waals surface area contributed by atoms with Gasteiger partial charge in [-0.1, -0.05) is 25.0 Å². The van der Waals surface area contributed by atoms with E-state index in [1.165, 1.54) is 0 Å². The van der Waals surface area contributed by atoms with Gasteiger partial charge in [-0.25, -0.2) is 15.0 Å². The number of nitrogens with one attached hydrogen (secondary N) is 2. The summed E-state index contributed by atoms with van der Waals surface area (Å²) in [6.07, 6.45) is 4.72. The van der Waals surface area contributed by atoms with Gasteiger partial charge in [0.05, 0.1) is 11.8 Å². The summed E-state index contributed by atoms with van der Waals surface area (Å²) in [6.45, 7) is 3.41. The smallest absolute Gasteiger partial charge is 0.419 e. The van der Waals surface area contributed by atoms with E-state index in [0.717, 1.165) is 50.9 Å². The molecule has 3 atom stereocenters. The number of hydrogen-bond donors (Lipinski definition) is 3. The van der Waals surface area contributed by atoms with Crippen LogP contribution in [0, 0.1) is 0 Å². The van der Waals surface area contributed by atoms with Crippen molar-refractivity contribution in [2.24, 2.45) is 5.73 Å². The lowest BCUT2D eigenvalue weighted by molar-refractivity contribution is -0.138. The van der Waals surface area contributed by atoms with E-state index in [0.29, 0.717) is 41.9 Å². The van der Waals surface area contributed by atoms with E-state index in [1.54, 1.807) is 24.4 Å². The Balaban J connectivity index is 1.25. The van der Waals surface area contributed by atoms with Crippen LogP contribution < -0.4 is 21.3 Å². The van der Waals surface area contributed by atoms with Gasteiger partial charge < -0.3 is 25.7 Å². The van der Waals surface area contributed by atoms with Crippen LogP contribution in [-0.4, -0.2) is 51.6 Å². The molecule has 208 valence electrons. The number of aromatic nitrogens is 3. The third-order valence-electron chi connectivity index (χ3n) is 7.49. The van der Waals surface area contributed by atoms with Gasteiger partial charge in [-0.3, -0.25) is 4.79 Å². The summed E-state index contributed by atoms with van der Waals surface area (Å²) in [6, 6.07) is 7.53. The zero-order valence-electron chi connectivity index (χ0n) is 21.7. The highest BCUT2D eigenvalue weighted by molar-refractivity contribution is 5.93. The van der Waals surface area contributed by atoms with Crippen LogP contribution in [0.1, 0.15) is 61.4 Å². The number of nitrogens with zero attached hydrogens (tertiary/aromatic N) is 4. The zero-order valence-corrected chi connectivity index (χ0v) is 21.7. The highest BCUT2D eigenvalue weighted by Gasteiger charge is 2.38. The minimum Gasteiger partial charge on any atom is -0.424 e. The second-order valence-electron chi connectivity index (χ2n) is 10.6. The number of amides is 1. The number of hydrogen-bond acceptors (Lipinski definition) is 8. The van der Waals surface area contributed by atoms with Crippen LogP contribution in [0.25, 0.3) is 11.3 Å². The SMILES string of the molecule is C[C@]1(N[C@@H]2CCCC[C@H]2Nc2ncc(-c3cccc(C(N)=O)c3)o2)CCCN(c2ncc(C(F)(F)F)cn2)C1. The third-order valence-corrected chi connectivity index (χ3v) is 7.49. The Morgan fingerprint density at radius 2 is 1.85 bits per heavy atom. The molecule has 2 aliphatic rings. The quantitative estimate of drug-likeness (QED) is 0.395. The van der Waals surface area contributed by atoms with Gasteiger partial charge in [-0.15, -0.1) is 0 Å². The molecular weight excluding hydrogens is 511 g/mol. The van der Waals surface area contributed by atoms with Gasteiger partial charge in [0.2, 0.25) is 11.9 Å². The highest BCUT2D eigenvalue weighted by atomic mass is 19.4. The minimum absolute atomic E-state index is 0.0803. The molecule has 1 saturated heterocycles. The van der Waals surface area contributed by atoms with Crippen LogP contribution in [0.2, 0.25) is 0 Å². The zero-order chi connectivity index (χ0) is 27.6. The van der Waals surface area contributed by atoms with E-state index < -0.39 is 17.6 Å². The summed E-state index contributed by atoms with van der Waals surface area (Å²) < 4.78 is 44.8. The Kier molecular flexibility index (Phi) is 7.48. The summed E-state index contributed by atoms with van der Waals surface area (Å²) in [5, 5.41) is 7.29. The molecule has 1 aliphatic heterocycles. The van der Waals surface area contributed by atoms with Crippen molar-refractivity contribution in [3.8, 4) is 11.3 Å². The molecule has 9 nitrogen and oxygen atoms in total. The molecule has 12 heteroatoms. The molecule has 0 bridgehead atoms. The standard InChI is InChI=1S/C27H32F3N7O2/c1-26(10-5-11-37(16-26)24-32-13-19(14-33-24)27(28,29)30)36-21-9-3-2-8-20(21)35-25-34-15-22(39-25)17-6-4-7-18(12-17)23(31)38/h4,6-7,12-15,20-21,36H,2-3,5,8-11,16H2,1H3,(H2,31,38)(H,34,35)/t20-,21-,26+/m1/s1. The largest absolute Gasteiger partial charge is 0.424 e. The number of anilines is 2. The number of primary amides is 1. The summed E-state index contributed by atoms with van der Waals surface area (Å²) in [5.41, 5.74) is 5.38. The van der Waals surface area contributed by atoms with Crippen molar-refractivity contribution >= 4 is 17.9 Å². The maximum atomic E-state index is 12.9. The average Bonchev–Trinajstić information content (AvgIpc) is 3.38. The van der Waals surface area contributed by atoms with Crippen LogP contribution in [-0.2, 0) is 6.18 Å². The van der Waals surface area contributed by atoms with Crippen molar-refractivity contribution in [1.29, 1.82) is 0 Å². The van der Waals surface area contributed by atoms with Crippen LogP contribution in [0.3, 0.4) is 0 Å². The number of alkyl halides is 3. The van der Waals surface area contributed by atoms with Gasteiger partial charge >= 0.3 is 6.18 Å². The molecule has 5 rings (SSSR count). The Morgan fingerprint density at radius 3 is 2.56 bits per heavy atom. The molecule has 39 heavy (non-hydrogen) atoms. The first-order valence-corrected chi connectivity index (χ1v) is 13.1. The molecule has 3 aromatic rings.